The van der Waals surface area contributed by atoms with Crippen molar-refractivity contribution in [2.45, 2.75) is 38.3 Å². The van der Waals surface area contributed by atoms with Gasteiger partial charge >= 0.3 is 5.63 Å². The lowest BCUT2D eigenvalue weighted by Gasteiger charge is -2.36. The van der Waals surface area contributed by atoms with Crippen LogP contribution in [0.5, 0.6) is 0 Å². The first-order valence-electron chi connectivity index (χ1n) is 12.9. The van der Waals surface area contributed by atoms with Crippen molar-refractivity contribution in [1.29, 1.82) is 0 Å². The van der Waals surface area contributed by atoms with Crippen molar-refractivity contribution in [3.63, 3.8) is 0 Å². The van der Waals surface area contributed by atoms with Crippen molar-refractivity contribution in [3.8, 4) is 11.3 Å². The van der Waals surface area contributed by atoms with Gasteiger partial charge in [0.2, 0.25) is 5.91 Å². The van der Waals surface area contributed by atoms with Crippen LogP contribution >= 0.6 is 39.1 Å². The number of aryl methyl sites for hydroxylation is 1. The number of fused-ring (bicyclic) bond motifs is 1. The highest BCUT2D eigenvalue weighted by Gasteiger charge is 2.39. The van der Waals surface area contributed by atoms with Gasteiger partial charge in [-0.3, -0.25) is 9.59 Å². The van der Waals surface area contributed by atoms with E-state index in [0.717, 1.165) is 15.4 Å². The van der Waals surface area contributed by atoms with E-state index >= 15 is 0 Å². The van der Waals surface area contributed by atoms with Crippen LogP contribution in [0, 0.1) is 6.92 Å². The van der Waals surface area contributed by atoms with Gasteiger partial charge in [0.25, 0.3) is 5.91 Å². The summed E-state index contributed by atoms with van der Waals surface area (Å²) < 4.78 is 7.89. The molecule has 2 aliphatic heterocycles. The molecule has 206 valence electrons. The molecule has 40 heavy (non-hydrogen) atoms. The summed E-state index contributed by atoms with van der Waals surface area (Å²) >= 11 is 15.7. The van der Waals surface area contributed by atoms with Crippen LogP contribution in [-0.2, 0) is 4.79 Å². The lowest BCUT2D eigenvalue weighted by atomic mass is 10.0. The number of nitrogens with zero attached hydrogens (tertiary/aromatic N) is 5. The Kier molecular flexibility index (Phi) is 7.18. The molecular formula is C28H24BrCl2N5O4. The number of piperidine rings is 1. The Morgan fingerprint density at radius 3 is 2.48 bits per heavy atom. The van der Waals surface area contributed by atoms with E-state index < -0.39 is 11.7 Å². The molecule has 2 aliphatic rings. The van der Waals surface area contributed by atoms with Crippen LogP contribution in [0.1, 0.15) is 41.2 Å². The molecule has 1 atom stereocenters. The Bertz CT molecular complexity index is 1690. The molecule has 2 saturated heterocycles. The van der Waals surface area contributed by atoms with Crippen LogP contribution in [0.25, 0.3) is 22.2 Å². The van der Waals surface area contributed by atoms with E-state index in [1.165, 1.54) is 0 Å². The molecule has 1 unspecified atom stereocenters. The SMILES string of the molecule is Cc1c(C(=O)N2CCC(N3CCC(n4cc(-c5cc(Cl)cc(Cl)c5)nn4)C3=O)CC2)c(=O)oc2ccc(Br)cc12. The zero-order chi connectivity index (χ0) is 28.1. The van der Waals surface area contributed by atoms with Crippen molar-refractivity contribution in [3.05, 3.63) is 78.7 Å². The molecule has 4 heterocycles. The summed E-state index contributed by atoms with van der Waals surface area (Å²) in [6, 6.07) is 10.0. The number of rotatable bonds is 4. The maximum absolute atomic E-state index is 13.4. The van der Waals surface area contributed by atoms with E-state index in [-0.39, 0.29) is 23.4 Å². The third-order valence-electron chi connectivity index (χ3n) is 7.73. The molecule has 0 saturated carbocycles. The second kappa shape index (κ2) is 10.6. The van der Waals surface area contributed by atoms with E-state index in [4.69, 9.17) is 27.6 Å². The number of amides is 2. The molecule has 2 aromatic heterocycles. The van der Waals surface area contributed by atoms with E-state index in [1.807, 2.05) is 11.0 Å². The van der Waals surface area contributed by atoms with Crippen LogP contribution in [0.4, 0.5) is 0 Å². The molecule has 6 rings (SSSR count). The Labute approximate surface area is 247 Å². The molecule has 0 spiro atoms. The van der Waals surface area contributed by atoms with Gasteiger partial charge in [0.05, 0.1) is 6.20 Å². The highest BCUT2D eigenvalue weighted by molar-refractivity contribution is 9.10. The maximum atomic E-state index is 13.4. The third kappa shape index (κ3) is 4.93. The van der Waals surface area contributed by atoms with Crippen molar-refractivity contribution in [2.24, 2.45) is 0 Å². The normalized spacial score (nSPS) is 18.2. The number of likely N-dealkylation sites (tertiary alicyclic amines) is 2. The predicted octanol–water partition coefficient (Wildman–Crippen LogP) is 5.51. The molecule has 2 amide bonds. The molecule has 0 bridgehead atoms. The van der Waals surface area contributed by atoms with Crippen LogP contribution in [0.2, 0.25) is 10.0 Å². The molecular weight excluding hydrogens is 621 g/mol. The fourth-order valence-corrected chi connectivity index (χ4v) is 6.55. The van der Waals surface area contributed by atoms with Gasteiger partial charge in [-0.1, -0.05) is 44.3 Å². The Hall–Kier alpha value is -3.21. The summed E-state index contributed by atoms with van der Waals surface area (Å²) in [7, 11) is 0. The van der Waals surface area contributed by atoms with E-state index in [1.54, 1.807) is 53.0 Å². The number of benzene rings is 2. The van der Waals surface area contributed by atoms with E-state index in [2.05, 4.69) is 26.2 Å². The monoisotopic (exact) mass is 643 g/mol. The smallest absolute Gasteiger partial charge is 0.349 e. The molecule has 12 heteroatoms. The van der Waals surface area contributed by atoms with E-state index in [0.29, 0.717) is 65.8 Å². The first kappa shape index (κ1) is 27.0. The van der Waals surface area contributed by atoms with Gasteiger partial charge in [-0.15, -0.1) is 5.10 Å². The van der Waals surface area contributed by atoms with Gasteiger partial charge in [-0.25, -0.2) is 9.48 Å². The van der Waals surface area contributed by atoms with Crippen LogP contribution < -0.4 is 5.63 Å². The van der Waals surface area contributed by atoms with Crippen molar-refractivity contribution >= 4 is 61.9 Å². The van der Waals surface area contributed by atoms with Gasteiger partial charge in [-0.2, -0.15) is 0 Å². The summed E-state index contributed by atoms with van der Waals surface area (Å²) in [5.74, 6) is -0.351. The largest absolute Gasteiger partial charge is 0.422 e. The molecule has 2 aromatic carbocycles. The van der Waals surface area contributed by atoms with Gasteiger partial charge in [0.15, 0.2) is 0 Å². The van der Waals surface area contributed by atoms with Crippen LogP contribution in [-0.4, -0.2) is 62.3 Å². The Morgan fingerprint density at radius 2 is 1.75 bits per heavy atom. The second-order valence-corrected chi connectivity index (χ2v) is 11.9. The first-order valence-corrected chi connectivity index (χ1v) is 14.5. The van der Waals surface area contributed by atoms with Gasteiger partial charge in [0, 0.05) is 51.1 Å². The summed E-state index contributed by atoms with van der Waals surface area (Å²) in [5.41, 5.74) is 1.78. The summed E-state index contributed by atoms with van der Waals surface area (Å²) in [6.07, 6.45) is 3.60. The van der Waals surface area contributed by atoms with Crippen molar-refractivity contribution < 1.29 is 14.0 Å². The average Bonchev–Trinajstić information content (AvgIpc) is 3.55. The molecule has 0 aliphatic carbocycles. The highest BCUT2D eigenvalue weighted by atomic mass is 79.9. The second-order valence-electron chi connectivity index (χ2n) is 10.1. The minimum atomic E-state index is -0.635. The highest BCUT2D eigenvalue weighted by Crippen LogP contribution is 2.31. The Balaban J connectivity index is 1.13. The van der Waals surface area contributed by atoms with Gasteiger partial charge in [-0.05, 0) is 68.1 Å². The van der Waals surface area contributed by atoms with Crippen LogP contribution in [0.3, 0.4) is 0 Å². The fourth-order valence-electron chi connectivity index (χ4n) is 5.67. The number of hydrogen-bond acceptors (Lipinski definition) is 6. The van der Waals surface area contributed by atoms with Crippen molar-refractivity contribution in [2.75, 3.05) is 19.6 Å². The minimum absolute atomic E-state index is 0.00124. The first-order chi connectivity index (χ1) is 19.2. The zero-order valence-corrected chi connectivity index (χ0v) is 24.5. The van der Waals surface area contributed by atoms with Gasteiger partial charge < -0.3 is 14.2 Å². The molecule has 2 fully saturated rings. The molecule has 0 radical (unpaired) electrons. The molecule has 0 N–H and O–H groups in total. The summed E-state index contributed by atoms with van der Waals surface area (Å²) in [6.45, 7) is 3.25. The van der Waals surface area contributed by atoms with Crippen molar-refractivity contribution in [1.82, 2.24) is 24.8 Å². The number of hydrogen-bond donors (Lipinski definition) is 0. The minimum Gasteiger partial charge on any atom is -0.422 e. The zero-order valence-electron chi connectivity index (χ0n) is 21.4. The lowest BCUT2D eigenvalue weighted by molar-refractivity contribution is -0.133. The van der Waals surface area contributed by atoms with E-state index in [9.17, 15) is 14.4 Å². The number of aromatic nitrogens is 3. The summed E-state index contributed by atoms with van der Waals surface area (Å²) in [5, 5.41) is 10.1. The standard InChI is InChI=1S/C28H24BrCl2N5O4/c1-15-21-12-17(29)2-3-24(21)40-28(39)25(15)27(38)34-7-4-20(5-8-34)35-9-6-23(26(35)37)36-14-22(32-33-36)16-10-18(30)13-19(31)11-16/h2-3,10-14,20,23H,4-9H2,1H3. The number of halogens is 3. The molecule has 9 nitrogen and oxygen atoms in total. The predicted molar refractivity (Wildman–Crippen MR) is 155 cm³/mol. The third-order valence-corrected chi connectivity index (χ3v) is 8.66. The maximum Gasteiger partial charge on any atom is 0.349 e. The lowest BCUT2D eigenvalue weighted by Crippen LogP contribution is -2.48. The topological polar surface area (TPSA) is 102 Å². The molecule has 4 aromatic rings. The average molecular weight is 645 g/mol. The van der Waals surface area contributed by atoms with Gasteiger partial charge in [0.1, 0.15) is 22.9 Å². The van der Waals surface area contributed by atoms with Crippen LogP contribution in [0.15, 0.2) is 56.3 Å². The number of carbonyl (C=O) groups is 2. The number of carbonyl (C=O) groups excluding carboxylic acids is 2. The quantitative estimate of drug-likeness (QED) is 0.272. The fraction of sp³-hybridized carbons (Fsp3) is 0.321. The summed E-state index contributed by atoms with van der Waals surface area (Å²) in [4.78, 5) is 43.1. The Morgan fingerprint density at radius 1 is 1.02 bits per heavy atom.